The fraction of sp³-hybridized carbons (Fsp3) is 0.696. The van der Waals surface area contributed by atoms with Gasteiger partial charge in [0, 0.05) is 44.4 Å². The summed E-state index contributed by atoms with van der Waals surface area (Å²) in [6.45, 7) is 3.97. The lowest BCUT2D eigenvalue weighted by Crippen LogP contribution is -2.42. The smallest absolute Gasteiger partial charge is 0.220 e. The summed E-state index contributed by atoms with van der Waals surface area (Å²) in [7, 11) is 0. The number of fused-ring (bicyclic) bond motifs is 1. The molecule has 1 aromatic carbocycles. The minimum atomic E-state index is 0.0563. The highest BCUT2D eigenvalue weighted by atomic mass is 16.5. The average molecular weight is 369 g/mol. The topological polar surface area (TPSA) is 41.6 Å². The van der Waals surface area contributed by atoms with Crippen molar-refractivity contribution < 1.29 is 9.53 Å². The zero-order valence-corrected chi connectivity index (χ0v) is 16.2. The fourth-order valence-electron chi connectivity index (χ4n) is 5.96. The maximum Gasteiger partial charge on any atom is 0.220 e. The molecule has 1 spiro atoms. The Morgan fingerprint density at radius 2 is 2.07 bits per heavy atom. The van der Waals surface area contributed by atoms with Crippen LogP contribution in [0.25, 0.3) is 0 Å². The Kier molecular flexibility index (Phi) is 4.73. The first-order chi connectivity index (χ1) is 13.2. The van der Waals surface area contributed by atoms with Crippen LogP contribution in [0.3, 0.4) is 0 Å². The lowest BCUT2D eigenvalue weighted by Gasteiger charge is -2.30. The highest BCUT2D eigenvalue weighted by Gasteiger charge is 2.62. The maximum absolute atomic E-state index is 12.3. The van der Waals surface area contributed by atoms with Gasteiger partial charge in [-0.25, -0.2) is 0 Å². The van der Waals surface area contributed by atoms with Crippen molar-refractivity contribution in [3.8, 4) is 0 Å². The van der Waals surface area contributed by atoms with Crippen molar-refractivity contribution in [2.75, 3.05) is 19.6 Å². The largest absolute Gasteiger partial charge is 0.370 e. The van der Waals surface area contributed by atoms with Crippen molar-refractivity contribution >= 4 is 5.91 Å². The van der Waals surface area contributed by atoms with Crippen molar-refractivity contribution in [1.29, 1.82) is 0 Å². The molecule has 27 heavy (non-hydrogen) atoms. The Morgan fingerprint density at radius 3 is 2.85 bits per heavy atom. The molecule has 5 rings (SSSR count). The number of hydrogen-bond donors (Lipinski definition) is 1. The average Bonchev–Trinajstić information content (AvgIpc) is 3.27. The lowest BCUT2D eigenvalue weighted by atomic mass is 9.73. The van der Waals surface area contributed by atoms with Gasteiger partial charge in [-0.1, -0.05) is 49.6 Å². The number of hydrogen-bond acceptors (Lipinski definition) is 3. The molecule has 1 aliphatic carbocycles. The maximum atomic E-state index is 12.3. The fourth-order valence-corrected chi connectivity index (χ4v) is 5.96. The van der Waals surface area contributed by atoms with E-state index in [0.717, 1.165) is 44.9 Å². The molecule has 4 atom stereocenters. The first kappa shape index (κ1) is 17.7. The first-order valence-electron chi connectivity index (χ1n) is 10.9. The molecular weight excluding hydrogens is 336 g/mol. The van der Waals surface area contributed by atoms with E-state index in [1.165, 1.54) is 31.2 Å². The second-order valence-electron chi connectivity index (χ2n) is 9.33. The summed E-state index contributed by atoms with van der Waals surface area (Å²) in [6, 6.07) is 10.7. The van der Waals surface area contributed by atoms with Gasteiger partial charge in [0.2, 0.25) is 5.91 Å². The molecule has 3 aliphatic heterocycles. The third-order valence-corrected chi connectivity index (χ3v) is 7.64. The second kappa shape index (κ2) is 7.21. The first-order valence-corrected chi connectivity index (χ1v) is 10.9. The number of ether oxygens (including phenoxy) is 1. The van der Waals surface area contributed by atoms with Crippen molar-refractivity contribution in [3.05, 3.63) is 35.9 Å². The van der Waals surface area contributed by atoms with Crippen molar-refractivity contribution in [3.63, 3.8) is 0 Å². The van der Waals surface area contributed by atoms with Crippen molar-refractivity contribution in [1.82, 2.24) is 10.2 Å². The minimum Gasteiger partial charge on any atom is -0.370 e. The third kappa shape index (κ3) is 3.42. The quantitative estimate of drug-likeness (QED) is 0.802. The van der Waals surface area contributed by atoms with Gasteiger partial charge < -0.3 is 10.1 Å². The van der Waals surface area contributed by atoms with E-state index in [-0.39, 0.29) is 11.5 Å². The molecule has 3 heterocycles. The summed E-state index contributed by atoms with van der Waals surface area (Å²) in [5, 5.41) is 3.25. The molecule has 0 unspecified atom stereocenters. The predicted molar refractivity (Wildman–Crippen MR) is 105 cm³/mol. The molecule has 1 amide bonds. The Balaban J connectivity index is 1.16. The molecule has 1 aromatic rings. The minimum absolute atomic E-state index is 0.0563. The van der Waals surface area contributed by atoms with Crippen molar-refractivity contribution in [2.45, 2.75) is 63.2 Å². The number of likely N-dealkylation sites (tertiary alicyclic amines) is 1. The van der Waals surface area contributed by atoms with Gasteiger partial charge in [0.15, 0.2) is 0 Å². The van der Waals surface area contributed by atoms with Crippen LogP contribution < -0.4 is 5.32 Å². The van der Waals surface area contributed by atoms with E-state index in [9.17, 15) is 4.79 Å². The summed E-state index contributed by atoms with van der Waals surface area (Å²) in [6.07, 6.45) is 8.52. The number of carbonyl (C=O) groups excluding carboxylic acids is 1. The summed E-state index contributed by atoms with van der Waals surface area (Å²) in [5.41, 5.74) is 1.44. The van der Waals surface area contributed by atoms with Gasteiger partial charge in [-0.05, 0) is 30.7 Å². The molecule has 4 nitrogen and oxygen atoms in total. The molecule has 1 N–H and O–H groups in total. The number of benzene rings is 1. The van der Waals surface area contributed by atoms with Crippen LogP contribution in [0.5, 0.6) is 0 Å². The molecular formula is C23H32N2O2. The molecule has 146 valence electrons. The summed E-state index contributed by atoms with van der Waals surface area (Å²) < 4.78 is 6.53. The van der Waals surface area contributed by atoms with Gasteiger partial charge in [0.05, 0.1) is 11.7 Å². The van der Waals surface area contributed by atoms with Crippen LogP contribution in [-0.4, -0.2) is 42.1 Å². The number of amides is 1. The van der Waals surface area contributed by atoms with E-state index < -0.39 is 0 Å². The molecule has 4 aliphatic rings. The standard InChI is InChI=1S/C23H32N2O2/c26-22(10-9-17-7-4-8-17)24-13-19-20-15-25(14-18-5-2-1-3-6-18)16-23(20)12-11-21(19)27-23/h1-3,5-6,17,19-21H,4,7-16H2,(H,24,26)/t19-,20+,21+,23+/m0/s1. The predicted octanol–water partition coefficient (Wildman–Crippen LogP) is 3.36. The Labute approximate surface area is 162 Å². The Bertz CT molecular complexity index is 674. The van der Waals surface area contributed by atoms with Crippen LogP contribution in [0.1, 0.15) is 50.5 Å². The van der Waals surface area contributed by atoms with E-state index in [2.05, 4.69) is 40.5 Å². The normalized spacial score (nSPS) is 35.2. The molecule has 1 saturated carbocycles. The van der Waals surface area contributed by atoms with E-state index in [0.29, 0.717) is 24.4 Å². The molecule has 0 radical (unpaired) electrons. The lowest BCUT2D eigenvalue weighted by molar-refractivity contribution is -0.121. The van der Waals surface area contributed by atoms with Crippen LogP contribution in [0.15, 0.2) is 30.3 Å². The van der Waals surface area contributed by atoms with Crippen LogP contribution in [-0.2, 0) is 16.1 Å². The number of carbonyl (C=O) groups is 1. The molecule has 0 aromatic heterocycles. The van der Waals surface area contributed by atoms with Gasteiger partial charge in [-0.3, -0.25) is 9.69 Å². The second-order valence-corrected chi connectivity index (χ2v) is 9.33. The number of rotatable bonds is 7. The van der Waals surface area contributed by atoms with Gasteiger partial charge in [0.25, 0.3) is 0 Å². The summed E-state index contributed by atoms with van der Waals surface area (Å²) >= 11 is 0. The van der Waals surface area contributed by atoms with E-state index >= 15 is 0 Å². The van der Waals surface area contributed by atoms with Crippen LogP contribution in [0.4, 0.5) is 0 Å². The van der Waals surface area contributed by atoms with Gasteiger partial charge >= 0.3 is 0 Å². The van der Waals surface area contributed by atoms with Crippen LogP contribution in [0, 0.1) is 17.8 Å². The molecule has 3 saturated heterocycles. The van der Waals surface area contributed by atoms with Crippen molar-refractivity contribution in [2.24, 2.45) is 17.8 Å². The van der Waals surface area contributed by atoms with Gasteiger partial charge in [-0.15, -0.1) is 0 Å². The van der Waals surface area contributed by atoms with E-state index in [4.69, 9.17) is 4.74 Å². The van der Waals surface area contributed by atoms with E-state index in [1.807, 2.05) is 0 Å². The number of nitrogens with zero attached hydrogens (tertiary/aromatic N) is 1. The Hall–Kier alpha value is -1.39. The monoisotopic (exact) mass is 368 g/mol. The van der Waals surface area contributed by atoms with E-state index in [1.54, 1.807) is 0 Å². The summed E-state index contributed by atoms with van der Waals surface area (Å²) in [4.78, 5) is 14.8. The highest BCUT2D eigenvalue weighted by Crippen LogP contribution is 2.54. The third-order valence-electron chi connectivity index (χ3n) is 7.64. The zero-order valence-electron chi connectivity index (χ0n) is 16.2. The zero-order chi connectivity index (χ0) is 18.3. The molecule has 4 fully saturated rings. The molecule has 4 heteroatoms. The molecule has 2 bridgehead atoms. The number of nitrogens with one attached hydrogen (secondary N) is 1. The van der Waals surface area contributed by atoms with Gasteiger partial charge in [0.1, 0.15) is 0 Å². The Morgan fingerprint density at radius 1 is 1.22 bits per heavy atom. The SMILES string of the molecule is O=C(CCC1CCC1)NC[C@H]1[C@H]2CN(Cc3ccccc3)C[C@]23CC[C@H]1O3. The van der Waals surface area contributed by atoms with Crippen LogP contribution in [0.2, 0.25) is 0 Å². The highest BCUT2D eigenvalue weighted by molar-refractivity contribution is 5.75. The van der Waals surface area contributed by atoms with Gasteiger partial charge in [-0.2, -0.15) is 0 Å². The summed E-state index contributed by atoms with van der Waals surface area (Å²) in [5.74, 6) is 2.13. The van der Waals surface area contributed by atoms with Crippen LogP contribution >= 0.6 is 0 Å².